The van der Waals surface area contributed by atoms with Gasteiger partial charge in [-0.15, -0.1) is 0 Å². The SMILES string of the molecule is CCc1ccc(N2C(=O)Nc3ccc(Br)cc3[C@]2(O)C(=O)NC[C@@H]2CCCN2CC)cc1. The number of benzene rings is 2. The Morgan fingerprint density at radius 2 is 2.00 bits per heavy atom. The van der Waals surface area contributed by atoms with Crippen molar-refractivity contribution in [1.82, 2.24) is 10.2 Å². The molecule has 170 valence electrons. The van der Waals surface area contributed by atoms with Crippen molar-refractivity contribution in [3.05, 3.63) is 58.1 Å². The van der Waals surface area contributed by atoms with Crippen LogP contribution in [0.25, 0.3) is 0 Å². The maximum atomic E-state index is 13.6. The largest absolute Gasteiger partial charge is 0.359 e. The molecule has 4 rings (SSSR count). The summed E-state index contributed by atoms with van der Waals surface area (Å²) in [5.74, 6) is -0.616. The van der Waals surface area contributed by atoms with Gasteiger partial charge in [0.2, 0.25) is 0 Å². The third kappa shape index (κ3) is 4.02. The molecule has 2 aliphatic heterocycles. The highest BCUT2D eigenvalue weighted by Gasteiger charge is 2.52. The van der Waals surface area contributed by atoms with E-state index in [1.54, 1.807) is 30.3 Å². The molecule has 0 aliphatic carbocycles. The predicted molar refractivity (Wildman–Crippen MR) is 129 cm³/mol. The van der Waals surface area contributed by atoms with E-state index in [1.165, 1.54) is 0 Å². The zero-order valence-corrected chi connectivity index (χ0v) is 20.0. The zero-order valence-electron chi connectivity index (χ0n) is 18.4. The molecule has 2 heterocycles. The lowest BCUT2D eigenvalue weighted by molar-refractivity contribution is -0.140. The number of aliphatic hydroxyl groups is 1. The van der Waals surface area contributed by atoms with E-state index in [1.807, 2.05) is 19.1 Å². The Bertz CT molecular complexity index is 1010. The summed E-state index contributed by atoms with van der Waals surface area (Å²) in [5, 5.41) is 17.7. The second-order valence-electron chi connectivity index (χ2n) is 8.28. The van der Waals surface area contributed by atoms with Crippen molar-refractivity contribution in [3.63, 3.8) is 0 Å². The van der Waals surface area contributed by atoms with Gasteiger partial charge in [-0.1, -0.05) is 41.9 Å². The molecule has 8 heteroatoms. The van der Waals surface area contributed by atoms with Crippen molar-refractivity contribution >= 4 is 39.2 Å². The molecule has 0 aromatic heterocycles. The summed E-state index contributed by atoms with van der Waals surface area (Å²) >= 11 is 3.43. The number of carbonyl (C=O) groups is 2. The van der Waals surface area contributed by atoms with E-state index >= 15 is 0 Å². The number of rotatable bonds is 6. The number of nitrogens with one attached hydrogen (secondary N) is 2. The number of amides is 3. The van der Waals surface area contributed by atoms with Crippen LogP contribution < -0.4 is 15.5 Å². The minimum absolute atomic E-state index is 0.226. The number of carbonyl (C=O) groups excluding carboxylic acids is 2. The normalized spacial score (nSPS) is 23.1. The fraction of sp³-hybridized carbons (Fsp3) is 0.417. The van der Waals surface area contributed by atoms with Gasteiger partial charge < -0.3 is 15.7 Å². The second kappa shape index (κ2) is 9.21. The lowest BCUT2D eigenvalue weighted by Crippen LogP contribution is -2.63. The van der Waals surface area contributed by atoms with Crippen LogP contribution in [0, 0.1) is 0 Å². The monoisotopic (exact) mass is 500 g/mol. The molecular formula is C24H29BrN4O3. The minimum atomic E-state index is -2.19. The first-order valence-electron chi connectivity index (χ1n) is 11.1. The average Bonchev–Trinajstić information content (AvgIpc) is 3.26. The molecule has 2 aromatic carbocycles. The summed E-state index contributed by atoms with van der Waals surface area (Å²) in [6.45, 7) is 6.49. The molecule has 0 radical (unpaired) electrons. The molecule has 0 bridgehead atoms. The zero-order chi connectivity index (χ0) is 22.9. The molecule has 2 aliphatic rings. The summed E-state index contributed by atoms with van der Waals surface area (Å²) in [6, 6.07) is 12.1. The number of nitrogens with zero attached hydrogens (tertiary/aromatic N) is 2. The highest BCUT2D eigenvalue weighted by molar-refractivity contribution is 9.10. The lowest BCUT2D eigenvalue weighted by Gasteiger charge is -2.43. The van der Waals surface area contributed by atoms with Crippen LogP contribution in [0.15, 0.2) is 46.9 Å². The van der Waals surface area contributed by atoms with Crippen LogP contribution in [0.2, 0.25) is 0 Å². The van der Waals surface area contributed by atoms with Crippen molar-refractivity contribution in [2.75, 3.05) is 29.9 Å². The third-order valence-corrected chi connectivity index (χ3v) is 6.94. The standard InChI is InChI=1S/C24H29BrN4O3/c1-3-16-7-10-18(11-8-16)29-23(31)27-21-12-9-17(25)14-20(21)24(29,32)22(30)26-15-19-6-5-13-28(19)4-2/h7-12,14,19,32H,3-6,13,15H2,1-2H3,(H,26,30)(H,27,31)/t19-,24-/m0/s1. The fourth-order valence-corrected chi connectivity index (χ4v) is 5.00. The summed E-state index contributed by atoms with van der Waals surface area (Å²) in [6.07, 6.45) is 2.94. The number of aryl methyl sites for hydroxylation is 1. The summed E-state index contributed by atoms with van der Waals surface area (Å²) in [5.41, 5.74) is 0.0861. The second-order valence-corrected chi connectivity index (χ2v) is 9.20. The summed E-state index contributed by atoms with van der Waals surface area (Å²) in [4.78, 5) is 30.2. The molecule has 0 unspecified atom stereocenters. The highest BCUT2D eigenvalue weighted by atomic mass is 79.9. The molecule has 2 atom stereocenters. The van der Waals surface area contributed by atoms with E-state index in [0.29, 0.717) is 28.0 Å². The van der Waals surface area contributed by atoms with Crippen LogP contribution >= 0.6 is 15.9 Å². The number of halogens is 1. The quantitative estimate of drug-likeness (QED) is 0.562. The molecule has 7 nitrogen and oxygen atoms in total. The van der Waals surface area contributed by atoms with Crippen molar-refractivity contribution in [2.24, 2.45) is 0 Å². The maximum Gasteiger partial charge on any atom is 0.329 e. The Labute approximate surface area is 196 Å². The average molecular weight is 501 g/mol. The lowest BCUT2D eigenvalue weighted by atomic mass is 9.94. The van der Waals surface area contributed by atoms with Gasteiger partial charge >= 0.3 is 6.03 Å². The molecule has 1 saturated heterocycles. The first-order valence-corrected chi connectivity index (χ1v) is 11.9. The number of anilines is 2. The first-order chi connectivity index (χ1) is 15.4. The van der Waals surface area contributed by atoms with Crippen molar-refractivity contribution in [2.45, 2.75) is 44.9 Å². The summed E-state index contributed by atoms with van der Waals surface area (Å²) < 4.78 is 0.702. The number of urea groups is 1. The molecule has 32 heavy (non-hydrogen) atoms. The number of hydrogen-bond acceptors (Lipinski definition) is 4. The van der Waals surface area contributed by atoms with Crippen LogP contribution in [-0.2, 0) is 16.9 Å². The van der Waals surface area contributed by atoms with E-state index < -0.39 is 17.7 Å². The van der Waals surface area contributed by atoms with Gasteiger partial charge in [-0.2, -0.15) is 0 Å². The van der Waals surface area contributed by atoms with Gasteiger partial charge in [0, 0.05) is 28.3 Å². The van der Waals surface area contributed by atoms with Crippen LogP contribution in [0.5, 0.6) is 0 Å². The van der Waals surface area contributed by atoms with E-state index in [2.05, 4.69) is 38.4 Å². The van der Waals surface area contributed by atoms with Gasteiger partial charge in [-0.25, -0.2) is 4.79 Å². The van der Waals surface area contributed by atoms with Crippen LogP contribution in [0.1, 0.15) is 37.8 Å². The first kappa shape index (κ1) is 22.8. The molecule has 0 saturated carbocycles. The van der Waals surface area contributed by atoms with Crippen molar-refractivity contribution < 1.29 is 14.7 Å². The number of hydrogen-bond donors (Lipinski definition) is 3. The third-order valence-electron chi connectivity index (χ3n) is 6.45. The van der Waals surface area contributed by atoms with Gasteiger partial charge in [0.15, 0.2) is 0 Å². The Kier molecular flexibility index (Phi) is 6.55. The Hall–Kier alpha value is -2.42. The van der Waals surface area contributed by atoms with Gasteiger partial charge in [-0.3, -0.25) is 14.6 Å². The van der Waals surface area contributed by atoms with E-state index in [-0.39, 0.29) is 6.04 Å². The topological polar surface area (TPSA) is 84.9 Å². The van der Waals surface area contributed by atoms with Crippen LogP contribution in [0.3, 0.4) is 0 Å². The fourth-order valence-electron chi connectivity index (χ4n) is 4.64. The number of likely N-dealkylation sites (N-methyl/N-ethyl adjacent to an activating group) is 1. The van der Waals surface area contributed by atoms with Gasteiger partial charge in [0.1, 0.15) is 0 Å². The van der Waals surface area contributed by atoms with Crippen molar-refractivity contribution in [1.29, 1.82) is 0 Å². The van der Waals surface area contributed by atoms with E-state index in [0.717, 1.165) is 42.8 Å². The Balaban J connectivity index is 1.72. The maximum absolute atomic E-state index is 13.6. The molecular weight excluding hydrogens is 472 g/mol. The predicted octanol–water partition coefficient (Wildman–Crippen LogP) is 3.81. The minimum Gasteiger partial charge on any atom is -0.359 e. The van der Waals surface area contributed by atoms with E-state index in [9.17, 15) is 14.7 Å². The highest BCUT2D eigenvalue weighted by Crippen LogP contribution is 2.41. The van der Waals surface area contributed by atoms with E-state index in [4.69, 9.17) is 0 Å². The Morgan fingerprint density at radius 1 is 1.25 bits per heavy atom. The van der Waals surface area contributed by atoms with Crippen molar-refractivity contribution in [3.8, 4) is 0 Å². The molecule has 2 aromatic rings. The number of fused-ring (bicyclic) bond motifs is 1. The number of likely N-dealkylation sites (tertiary alicyclic amines) is 1. The van der Waals surface area contributed by atoms with Crippen LogP contribution in [-0.4, -0.2) is 47.6 Å². The molecule has 0 spiro atoms. The Morgan fingerprint density at radius 3 is 2.69 bits per heavy atom. The molecule has 3 amide bonds. The van der Waals surface area contributed by atoms with Gasteiger partial charge in [0.25, 0.3) is 11.6 Å². The van der Waals surface area contributed by atoms with Gasteiger partial charge in [-0.05, 0) is 68.2 Å². The smallest absolute Gasteiger partial charge is 0.329 e. The summed E-state index contributed by atoms with van der Waals surface area (Å²) in [7, 11) is 0. The molecule has 1 fully saturated rings. The van der Waals surface area contributed by atoms with Gasteiger partial charge in [0.05, 0.1) is 5.69 Å². The molecule has 3 N–H and O–H groups in total. The van der Waals surface area contributed by atoms with Crippen LogP contribution in [0.4, 0.5) is 16.2 Å².